The van der Waals surface area contributed by atoms with Gasteiger partial charge in [-0.3, -0.25) is 14.5 Å². The van der Waals surface area contributed by atoms with Crippen molar-refractivity contribution in [3.8, 4) is 5.75 Å². The number of carbonyl (C=O) groups excluding carboxylic acids is 2. The predicted octanol–water partition coefficient (Wildman–Crippen LogP) is 4.16. The van der Waals surface area contributed by atoms with Crippen molar-refractivity contribution in [2.45, 2.75) is 27.7 Å². The summed E-state index contributed by atoms with van der Waals surface area (Å²) < 4.78 is 5.21. The summed E-state index contributed by atoms with van der Waals surface area (Å²) in [7, 11) is 1.59. The number of amides is 2. The second-order valence-electron chi connectivity index (χ2n) is 7.52. The third-order valence-electron chi connectivity index (χ3n) is 4.87. The highest BCUT2D eigenvalue weighted by Crippen LogP contribution is 2.32. The summed E-state index contributed by atoms with van der Waals surface area (Å²) in [6, 6.07) is 13.1. The van der Waals surface area contributed by atoms with Crippen molar-refractivity contribution < 1.29 is 14.3 Å². The van der Waals surface area contributed by atoms with Crippen molar-refractivity contribution in [3.63, 3.8) is 0 Å². The third-order valence-corrected chi connectivity index (χ3v) is 4.87. The number of rotatable bonds is 6. The average molecular weight is 378 g/mol. The van der Waals surface area contributed by atoms with Gasteiger partial charge in [-0.1, -0.05) is 32.0 Å². The number of anilines is 1. The van der Waals surface area contributed by atoms with Crippen LogP contribution in [0.5, 0.6) is 5.75 Å². The van der Waals surface area contributed by atoms with E-state index >= 15 is 0 Å². The molecule has 0 unspecified atom stereocenters. The van der Waals surface area contributed by atoms with Crippen molar-refractivity contribution in [1.29, 1.82) is 0 Å². The molecule has 0 aromatic heterocycles. The SMILES string of the molecule is COc1ccc(C2=C(Nc3ccc(C)c(C)c3)C(=O)N(CC(C)C)C2=O)cc1. The average Bonchev–Trinajstić information content (AvgIpc) is 2.89. The van der Waals surface area contributed by atoms with Gasteiger partial charge in [0.05, 0.1) is 12.7 Å². The Morgan fingerprint density at radius 2 is 1.64 bits per heavy atom. The summed E-state index contributed by atoms with van der Waals surface area (Å²) in [5.41, 5.74) is 4.48. The van der Waals surface area contributed by atoms with Gasteiger partial charge in [0, 0.05) is 12.2 Å². The summed E-state index contributed by atoms with van der Waals surface area (Å²) in [6.07, 6.45) is 0. The number of imide groups is 1. The van der Waals surface area contributed by atoms with Crippen LogP contribution in [0.1, 0.15) is 30.5 Å². The van der Waals surface area contributed by atoms with Gasteiger partial charge in [-0.05, 0) is 60.7 Å². The second kappa shape index (κ2) is 7.89. The van der Waals surface area contributed by atoms with E-state index in [1.54, 1.807) is 31.4 Å². The molecule has 146 valence electrons. The molecule has 0 bridgehead atoms. The van der Waals surface area contributed by atoms with Crippen LogP contribution >= 0.6 is 0 Å². The quantitative estimate of drug-likeness (QED) is 0.767. The van der Waals surface area contributed by atoms with Gasteiger partial charge < -0.3 is 10.1 Å². The molecule has 28 heavy (non-hydrogen) atoms. The molecule has 0 atom stereocenters. The summed E-state index contributed by atoms with van der Waals surface area (Å²) in [5, 5.41) is 3.21. The summed E-state index contributed by atoms with van der Waals surface area (Å²) in [4.78, 5) is 27.5. The highest BCUT2D eigenvalue weighted by atomic mass is 16.5. The second-order valence-corrected chi connectivity index (χ2v) is 7.52. The van der Waals surface area contributed by atoms with Crippen molar-refractivity contribution >= 4 is 23.1 Å². The molecule has 3 rings (SSSR count). The molecule has 0 fully saturated rings. The summed E-state index contributed by atoms with van der Waals surface area (Å²) in [6.45, 7) is 8.42. The van der Waals surface area contributed by atoms with Crippen molar-refractivity contribution in [3.05, 3.63) is 64.9 Å². The van der Waals surface area contributed by atoms with Gasteiger partial charge in [0.25, 0.3) is 11.8 Å². The van der Waals surface area contributed by atoms with Crippen molar-refractivity contribution in [2.24, 2.45) is 5.92 Å². The van der Waals surface area contributed by atoms with Gasteiger partial charge in [-0.25, -0.2) is 0 Å². The van der Waals surface area contributed by atoms with Gasteiger partial charge in [0.2, 0.25) is 0 Å². The zero-order valence-corrected chi connectivity index (χ0v) is 17.0. The number of hydrogen-bond donors (Lipinski definition) is 1. The highest BCUT2D eigenvalue weighted by Gasteiger charge is 2.39. The Balaban J connectivity index is 2.06. The van der Waals surface area contributed by atoms with E-state index in [0.29, 0.717) is 29.1 Å². The topological polar surface area (TPSA) is 58.6 Å². The lowest BCUT2D eigenvalue weighted by Crippen LogP contribution is -2.35. The Morgan fingerprint density at radius 3 is 2.21 bits per heavy atom. The Kier molecular flexibility index (Phi) is 5.54. The van der Waals surface area contributed by atoms with Gasteiger partial charge >= 0.3 is 0 Å². The highest BCUT2D eigenvalue weighted by molar-refractivity contribution is 6.36. The fourth-order valence-electron chi connectivity index (χ4n) is 3.21. The minimum absolute atomic E-state index is 0.186. The van der Waals surface area contributed by atoms with E-state index in [1.807, 2.05) is 45.9 Å². The monoisotopic (exact) mass is 378 g/mol. The normalized spacial score (nSPS) is 14.3. The number of hydrogen-bond acceptors (Lipinski definition) is 4. The Labute approximate surface area is 166 Å². The van der Waals surface area contributed by atoms with Crippen LogP contribution < -0.4 is 10.1 Å². The van der Waals surface area contributed by atoms with Gasteiger partial charge in [0.1, 0.15) is 11.4 Å². The van der Waals surface area contributed by atoms with Gasteiger partial charge in [0.15, 0.2) is 0 Å². The maximum Gasteiger partial charge on any atom is 0.278 e. The van der Waals surface area contributed by atoms with Gasteiger partial charge in [-0.2, -0.15) is 0 Å². The zero-order chi connectivity index (χ0) is 20.4. The molecule has 0 saturated heterocycles. The largest absolute Gasteiger partial charge is 0.497 e. The van der Waals surface area contributed by atoms with E-state index in [-0.39, 0.29) is 17.7 Å². The fraction of sp³-hybridized carbons (Fsp3) is 0.304. The van der Waals surface area contributed by atoms with Crippen molar-refractivity contribution in [2.75, 3.05) is 19.0 Å². The molecule has 2 aromatic carbocycles. The molecular formula is C23H26N2O3. The van der Waals surface area contributed by atoms with Crippen LogP contribution in [-0.4, -0.2) is 30.4 Å². The number of benzene rings is 2. The number of aryl methyl sites for hydroxylation is 2. The summed E-state index contributed by atoms with van der Waals surface area (Å²) >= 11 is 0. The van der Waals surface area contributed by atoms with E-state index in [1.165, 1.54) is 10.5 Å². The van der Waals surface area contributed by atoms with Crippen LogP contribution in [-0.2, 0) is 9.59 Å². The molecule has 0 aliphatic carbocycles. The maximum absolute atomic E-state index is 13.1. The first-order valence-electron chi connectivity index (χ1n) is 9.41. The van der Waals surface area contributed by atoms with Crippen molar-refractivity contribution in [1.82, 2.24) is 4.90 Å². The van der Waals surface area contributed by atoms with Crippen LogP contribution in [0.2, 0.25) is 0 Å². The number of methoxy groups -OCH3 is 1. The standard InChI is InChI=1S/C23H26N2O3/c1-14(2)13-25-22(26)20(17-7-10-19(28-5)11-8-17)21(23(25)27)24-18-9-6-15(3)16(4)12-18/h6-12,14,24H,13H2,1-5H3. The predicted molar refractivity (Wildman–Crippen MR) is 111 cm³/mol. The Morgan fingerprint density at radius 1 is 0.964 bits per heavy atom. The zero-order valence-electron chi connectivity index (χ0n) is 17.0. The first kappa shape index (κ1) is 19.7. The lowest BCUT2D eigenvalue weighted by Gasteiger charge is -2.17. The smallest absolute Gasteiger partial charge is 0.278 e. The van der Waals surface area contributed by atoms with E-state index in [2.05, 4.69) is 5.32 Å². The van der Waals surface area contributed by atoms with E-state index in [4.69, 9.17) is 4.74 Å². The maximum atomic E-state index is 13.1. The minimum atomic E-state index is -0.289. The van der Waals surface area contributed by atoms with Crippen LogP contribution in [0.4, 0.5) is 5.69 Å². The number of carbonyl (C=O) groups is 2. The van der Waals surface area contributed by atoms with Crippen LogP contribution in [0.3, 0.4) is 0 Å². The first-order chi connectivity index (χ1) is 13.3. The van der Waals surface area contributed by atoms with E-state index < -0.39 is 0 Å². The first-order valence-corrected chi connectivity index (χ1v) is 9.41. The third kappa shape index (κ3) is 3.79. The molecule has 1 aliphatic rings. The fourth-order valence-corrected chi connectivity index (χ4v) is 3.21. The lowest BCUT2D eigenvalue weighted by molar-refractivity contribution is -0.137. The van der Waals surface area contributed by atoms with E-state index in [9.17, 15) is 9.59 Å². The molecule has 1 aliphatic heterocycles. The minimum Gasteiger partial charge on any atom is -0.497 e. The van der Waals surface area contributed by atoms with Crippen LogP contribution in [0.15, 0.2) is 48.2 Å². The molecule has 5 nitrogen and oxygen atoms in total. The van der Waals surface area contributed by atoms with Crippen LogP contribution in [0.25, 0.3) is 5.57 Å². The molecular weight excluding hydrogens is 352 g/mol. The lowest BCUT2D eigenvalue weighted by atomic mass is 10.0. The summed E-state index contributed by atoms with van der Waals surface area (Å²) in [5.74, 6) is 0.327. The number of ether oxygens (including phenoxy) is 1. The Hall–Kier alpha value is -3.08. The molecule has 0 saturated carbocycles. The number of nitrogens with zero attached hydrogens (tertiary/aromatic N) is 1. The molecule has 1 heterocycles. The molecule has 1 N–H and O–H groups in total. The van der Waals surface area contributed by atoms with Gasteiger partial charge in [-0.15, -0.1) is 0 Å². The van der Waals surface area contributed by atoms with Crippen LogP contribution in [0, 0.1) is 19.8 Å². The Bertz CT molecular complexity index is 943. The molecule has 5 heteroatoms. The number of nitrogens with one attached hydrogen (secondary N) is 1. The molecule has 0 spiro atoms. The van der Waals surface area contributed by atoms with E-state index in [0.717, 1.165) is 11.3 Å². The molecule has 2 amide bonds. The molecule has 0 radical (unpaired) electrons. The molecule has 2 aromatic rings.